The van der Waals surface area contributed by atoms with Gasteiger partial charge in [-0.1, -0.05) is 29.8 Å². The van der Waals surface area contributed by atoms with Crippen molar-refractivity contribution < 1.29 is 13.2 Å². The number of hydrogen-bond acceptors (Lipinski definition) is 4. The Morgan fingerprint density at radius 2 is 1.58 bits per heavy atom. The van der Waals surface area contributed by atoms with Gasteiger partial charge in [-0.15, -0.1) is 0 Å². The van der Waals surface area contributed by atoms with Gasteiger partial charge in [0.05, 0.1) is 4.90 Å². The molecule has 2 heterocycles. The van der Waals surface area contributed by atoms with E-state index < -0.39 is 10.0 Å². The first kappa shape index (κ1) is 22.3. The quantitative estimate of drug-likeness (QED) is 0.570. The van der Waals surface area contributed by atoms with Gasteiger partial charge < -0.3 is 9.80 Å². The van der Waals surface area contributed by atoms with Crippen molar-refractivity contribution in [3.8, 4) is 0 Å². The number of rotatable bonds is 3. The molecule has 0 unspecified atom stereocenters. The second-order valence-electron chi connectivity index (χ2n) is 8.82. The third kappa shape index (κ3) is 4.38. The molecule has 6 nitrogen and oxygen atoms in total. The molecule has 0 atom stereocenters. The van der Waals surface area contributed by atoms with Crippen molar-refractivity contribution in [1.29, 1.82) is 0 Å². The number of piperazine rings is 1. The first-order chi connectivity index (χ1) is 15.8. The summed E-state index contributed by atoms with van der Waals surface area (Å²) in [5.41, 5.74) is 3.19. The van der Waals surface area contributed by atoms with E-state index in [1.807, 2.05) is 30.3 Å². The average Bonchev–Trinajstić information content (AvgIpc) is 2.83. The van der Waals surface area contributed by atoms with Crippen molar-refractivity contribution in [2.45, 2.75) is 17.9 Å². The molecule has 1 fully saturated rings. The van der Waals surface area contributed by atoms with Crippen molar-refractivity contribution in [3.63, 3.8) is 0 Å². The largest absolute Gasteiger partial charge is 0.336 e. The predicted octanol–water partition coefficient (Wildman–Crippen LogP) is 3.63. The molecule has 8 heteroatoms. The van der Waals surface area contributed by atoms with Gasteiger partial charge in [0.2, 0.25) is 10.0 Å². The minimum Gasteiger partial charge on any atom is -0.336 e. The number of nitrogens with zero attached hydrogens (tertiary/aromatic N) is 3. The average molecular weight is 484 g/mol. The Morgan fingerprint density at radius 3 is 2.36 bits per heavy atom. The highest BCUT2D eigenvalue weighted by Crippen LogP contribution is 2.26. The number of carbonyl (C=O) groups excluding carboxylic acids is 1. The van der Waals surface area contributed by atoms with E-state index in [2.05, 4.69) is 11.9 Å². The Hall–Kier alpha value is -2.45. The van der Waals surface area contributed by atoms with Crippen LogP contribution in [-0.2, 0) is 23.0 Å². The fraction of sp³-hybridized carbons (Fsp3) is 0.320. The van der Waals surface area contributed by atoms with Gasteiger partial charge >= 0.3 is 0 Å². The maximum atomic E-state index is 13.2. The molecule has 0 aliphatic carbocycles. The molecular weight excluding hydrogens is 458 g/mol. The Bertz CT molecular complexity index is 1330. The van der Waals surface area contributed by atoms with Crippen LogP contribution in [0.25, 0.3) is 10.8 Å². The number of benzene rings is 3. The Morgan fingerprint density at radius 1 is 0.848 bits per heavy atom. The Kier molecular flexibility index (Phi) is 5.91. The monoisotopic (exact) mass is 483 g/mol. The summed E-state index contributed by atoms with van der Waals surface area (Å²) >= 11 is 6.03. The van der Waals surface area contributed by atoms with Gasteiger partial charge in [0.15, 0.2) is 0 Å². The number of hydrogen-bond donors (Lipinski definition) is 0. The summed E-state index contributed by atoms with van der Waals surface area (Å²) in [6, 6.07) is 16.4. The highest BCUT2D eigenvalue weighted by atomic mass is 35.5. The molecule has 0 bridgehead atoms. The highest BCUT2D eigenvalue weighted by Gasteiger charge is 2.31. The van der Waals surface area contributed by atoms with Crippen molar-refractivity contribution in [2.24, 2.45) is 0 Å². The highest BCUT2D eigenvalue weighted by molar-refractivity contribution is 7.89. The van der Waals surface area contributed by atoms with Crippen LogP contribution in [0.2, 0.25) is 5.02 Å². The maximum absolute atomic E-state index is 13.2. The standard InChI is InChI=1S/C25H26ClN3O3S/c1-27-9-8-20-14-21(2-3-22(20)17-27)25(30)28-10-12-29(13-11-28)33(31,32)24-7-5-18-15-23(26)6-4-19(18)16-24/h2-7,14-16H,8-13,17H2,1H3. The third-order valence-electron chi connectivity index (χ3n) is 6.59. The second kappa shape index (κ2) is 8.72. The van der Waals surface area contributed by atoms with Gasteiger partial charge in [-0.05, 0) is 71.8 Å². The number of amides is 1. The van der Waals surface area contributed by atoms with Crippen LogP contribution in [0.4, 0.5) is 0 Å². The molecule has 0 saturated carbocycles. The number of sulfonamides is 1. The van der Waals surface area contributed by atoms with Crippen LogP contribution >= 0.6 is 11.6 Å². The SMILES string of the molecule is CN1CCc2cc(C(=O)N3CCN(S(=O)(=O)c4ccc5cc(Cl)ccc5c4)CC3)ccc2C1. The molecule has 33 heavy (non-hydrogen) atoms. The molecule has 3 aromatic rings. The maximum Gasteiger partial charge on any atom is 0.253 e. The van der Waals surface area contributed by atoms with E-state index in [4.69, 9.17) is 11.6 Å². The number of likely N-dealkylation sites (N-methyl/N-ethyl adjacent to an activating group) is 1. The van der Waals surface area contributed by atoms with Gasteiger partial charge in [-0.3, -0.25) is 4.79 Å². The van der Waals surface area contributed by atoms with E-state index in [1.165, 1.54) is 15.4 Å². The van der Waals surface area contributed by atoms with E-state index >= 15 is 0 Å². The Balaban J connectivity index is 1.28. The minimum atomic E-state index is -3.64. The molecule has 0 N–H and O–H groups in total. The molecule has 2 aliphatic rings. The lowest BCUT2D eigenvalue weighted by Crippen LogP contribution is -2.50. The van der Waals surface area contributed by atoms with Gasteiger partial charge in [0, 0.05) is 49.9 Å². The lowest BCUT2D eigenvalue weighted by molar-refractivity contribution is 0.0697. The summed E-state index contributed by atoms with van der Waals surface area (Å²) in [6.45, 7) is 3.21. The number of fused-ring (bicyclic) bond motifs is 2. The molecule has 0 aromatic heterocycles. The van der Waals surface area contributed by atoms with Crippen molar-refractivity contribution in [2.75, 3.05) is 39.8 Å². The molecule has 172 valence electrons. The van der Waals surface area contributed by atoms with Crippen molar-refractivity contribution >= 4 is 38.3 Å². The van der Waals surface area contributed by atoms with Crippen molar-refractivity contribution in [3.05, 3.63) is 76.3 Å². The lowest BCUT2D eigenvalue weighted by atomic mass is 9.97. The number of carbonyl (C=O) groups is 1. The predicted molar refractivity (Wildman–Crippen MR) is 130 cm³/mol. The molecule has 1 saturated heterocycles. The summed E-state index contributed by atoms with van der Waals surface area (Å²) in [5, 5.41) is 2.34. The van der Waals surface area contributed by atoms with Crippen LogP contribution in [0.5, 0.6) is 0 Å². The van der Waals surface area contributed by atoms with Gasteiger partial charge in [0.25, 0.3) is 5.91 Å². The fourth-order valence-corrected chi connectivity index (χ4v) is 6.28. The molecule has 1 amide bonds. The van der Waals surface area contributed by atoms with E-state index in [1.54, 1.807) is 29.2 Å². The first-order valence-corrected chi connectivity index (χ1v) is 12.9. The summed E-state index contributed by atoms with van der Waals surface area (Å²) in [5.74, 6) is -0.0311. The van der Waals surface area contributed by atoms with Crippen molar-refractivity contribution in [1.82, 2.24) is 14.1 Å². The summed E-state index contributed by atoms with van der Waals surface area (Å²) in [7, 11) is -1.54. The second-order valence-corrected chi connectivity index (χ2v) is 11.2. The number of halogens is 1. The summed E-state index contributed by atoms with van der Waals surface area (Å²) in [4.78, 5) is 17.4. The molecule has 5 rings (SSSR count). The van der Waals surface area contributed by atoms with Crippen LogP contribution in [-0.4, -0.2) is 68.2 Å². The van der Waals surface area contributed by atoms with E-state index in [0.717, 1.165) is 30.3 Å². The van der Waals surface area contributed by atoms with Crippen LogP contribution in [0.15, 0.2) is 59.5 Å². The zero-order valence-corrected chi connectivity index (χ0v) is 20.1. The molecular formula is C25H26ClN3O3S. The molecule has 3 aromatic carbocycles. The van der Waals surface area contributed by atoms with Gasteiger partial charge in [-0.25, -0.2) is 8.42 Å². The van der Waals surface area contributed by atoms with E-state index in [-0.39, 0.29) is 23.9 Å². The van der Waals surface area contributed by atoms with Crippen LogP contribution in [0, 0.1) is 0 Å². The Labute approximate surface area is 199 Å². The summed E-state index contributed by atoms with van der Waals surface area (Å²) in [6.07, 6.45) is 0.941. The smallest absolute Gasteiger partial charge is 0.253 e. The summed E-state index contributed by atoms with van der Waals surface area (Å²) < 4.78 is 27.9. The molecule has 2 aliphatic heterocycles. The third-order valence-corrected chi connectivity index (χ3v) is 8.72. The zero-order chi connectivity index (χ0) is 23.2. The zero-order valence-electron chi connectivity index (χ0n) is 18.5. The molecule has 0 spiro atoms. The van der Waals surface area contributed by atoms with Crippen LogP contribution in [0.1, 0.15) is 21.5 Å². The normalized spacial score (nSPS) is 17.8. The van der Waals surface area contributed by atoms with Gasteiger partial charge in [0.1, 0.15) is 0 Å². The van der Waals surface area contributed by atoms with Crippen LogP contribution in [0.3, 0.4) is 0 Å². The van der Waals surface area contributed by atoms with Gasteiger partial charge in [-0.2, -0.15) is 4.31 Å². The fourth-order valence-electron chi connectivity index (χ4n) is 4.65. The van der Waals surface area contributed by atoms with E-state index in [9.17, 15) is 13.2 Å². The first-order valence-electron chi connectivity index (χ1n) is 11.1. The topological polar surface area (TPSA) is 60.9 Å². The minimum absolute atomic E-state index is 0.0311. The molecule has 0 radical (unpaired) electrons. The van der Waals surface area contributed by atoms with E-state index in [0.29, 0.717) is 23.7 Å². The van der Waals surface area contributed by atoms with Crippen LogP contribution < -0.4 is 0 Å². The lowest BCUT2D eigenvalue weighted by Gasteiger charge is -2.34.